The van der Waals surface area contributed by atoms with Gasteiger partial charge in [0.2, 0.25) is 0 Å². The Morgan fingerprint density at radius 3 is 1.01 bits per heavy atom. The van der Waals surface area contributed by atoms with Crippen LogP contribution in [0.15, 0.2) is 0 Å². The van der Waals surface area contributed by atoms with Gasteiger partial charge in [-0.3, -0.25) is 0 Å². The Morgan fingerprint density at radius 2 is 0.566 bits per heavy atom. The maximum absolute atomic E-state index is 12.0. The van der Waals surface area contributed by atoms with Crippen LogP contribution >= 0.6 is 0 Å². The summed E-state index contributed by atoms with van der Waals surface area (Å²) in [7, 11) is 0. The van der Waals surface area contributed by atoms with Gasteiger partial charge in [0, 0.05) is 0 Å². The van der Waals surface area contributed by atoms with E-state index in [1.807, 2.05) is 0 Å². The van der Waals surface area contributed by atoms with E-state index in [9.17, 15) is 117 Å². The van der Waals surface area contributed by atoms with Crippen molar-refractivity contribution in [3.05, 3.63) is 0 Å². The number of aliphatic hydroxyl groups excluding tert-OH is 23. The highest BCUT2D eigenvalue weighted by atomic mass is 16.8. The molecular formula is C45H76O38. The van der Waals surface area contributed by atoms with Crippen LogP contribution in [0.2, 0.25) is 0 Å². The normalized spacial score (nSPS) is 53.9. The zero-order valence-electron chi connectivity index (χ0n) is 43.4. The molecular weight excluding hydrogens is 1150 g/mol. The number of hydrogen-bond acceptors (Lipinski definition) is 38. The van der Waals surface area contributed by atoms with Crippen LogP contribution in [0.3, 0.4) is 0 Å². The molecule has 83 heavy (non-hydrogen) atoms. The Labute approximate surface area is 468 Å². The Balaban J connectivity index is 1.06. The van der Waals surface area contributed by atoms with E-state index in [-0.39, 0.29) is 0 Å². The van der Waals surface area contributed by atoms with Crippen molar-refractivity contribution in [2.24, 2.45) is 0 Å². The predicted octanol–water partition coefficient (Wildman–Crippen LogP) is -16.5. The van der Waals surface area contributed by atoms with Crippen molar-refractivity contribution in [3.8, 4) is 0 Å². The number of rotatable bonds is 19. The molecule has 8 fully saturated rings. The fourth-order valence-corrected chi connectivity index (χ4v) is 10.3. The molecule has 8 heterocycles. The largest absolute Gasteiger partial charge is 0.394 e. The molecule has 0 aromatic rings. The van der Waals surface area contributed by atoms with Crippen molar-refractivity contribution in [2.75, 3.05) is 52.9 Å². The molecule has 484 valence electrons. The SMILES string of the molecule is OCC1OC(OC2C(OCC3OC(OC4C(COC5OCC(O)C(O)C5O)OC(OC5C(CO)OC(O)C(O)C5O)C(O)C4O)C(O)C(O)C3OC3OC(COC4OCC(O)C(O)C4O)C(O)C(O)C3O)OCC(O)C2O)C(O)C(O)C1O. The maximum Gasteiger partial charge on any atom is 0.187 e. The van der Waals surface area contributed by atoms with E-state index in [1.54, 1.807) is 0 Å². The van der Waals surface area contributed by atoms with Gasteiger partial charge < -0.3 is 189 Å². The van der Waals surface area contributed by atoms with E-state index in [0.717, 1.165) is 0 Å². The lowest BCUT2D eigenvalue weighted by Gasteiger charge is -2.49. The van der Waals surface area contributed by atoms with Gasteiger partial charge in [0.25, 0.3) is 0 Å². The summed E-state index contributed by atoms with van der Waals surface area (Å²) in [5.74, 6) is 0. The standard InChI is InChI=1S/C45H76O38/c46-1-12-20(54)22(56)30(64)41(76-12)83-37-19(53)11(50)5-71-45(37)74-8-16-36(81-42-31(65)23(57)21(55)14(77-42)6-72-39-28(62)17(51)9(48)3-69-39)26(60)33(67)44(79-16)82-35-15(7-73-40-29(63)18(52)10(49)4-70-40)78-43(32(66)25(35)59)80-34-13(2-47)75-38(68)27(61)24(34)58/h9-68H,1-8H2. The van der Waals surface area contributed by atoms with E-state index in [4.69, 9.17) is 71.1 Å². The first-order valence-corrected chi connectivity index (χ1v) is 26.4. The van der Waals surface area contributed by atoms with E-state index in [0.29, 0.717) is 0 Å². The van der Waals surface area contributed by atoms with Crippen LogP contribution < -0.4 is 0 Å². The Hall–Kier alpha value is -1.52. The average Bonchev–Trinajstić information content (AvgIpc) is 3.34. The lowest BCUT2D eigenvalue weighted by Crippen LogP contribution is -2.68. The minimum Gasteiger partial charge on any atom is -0.394 e. The summed E-state index contributed by atoms with van der Waals surface area (Å²) in [6.07, 6.45) is -72.3. The van der Waals surface area contributed by atoms with Crippen LogP contribution in [-0.2, 0) is 71.1 Å². The molecule has 8 aliphatic rings. The van der Waals surface area contributed by atoms with Gasteiger partial charge in [-0.05, 0) is 0 Å². The molecule has 8 aliphatic heterocycles. The lowest BCUT2D eigenvalue weighted by atomic mass is 9.95. The first kappa shape index (κ1) is 67.4. The van der Waals surface area contributed by atoms with Crippen LogP contribution in [-0.4, -0.2) is 398 Å². The Bertz CT molecular complexity index is 1970. The molecule has 8 rings (SSSR count). The fraction of sp³-hybridized carbons (Fsp3) is 1.00. The van der Waals surface area contributed by atoms with Gasteiger partial charge >= 0.3 is 0 Å². The minimum atomic E-state index is -2.39. The van der Waals surface area contributed by atoms with Gasteiger partial charge in [0.15, 0.2) is 50.3 Å². The third kappa shape index (κ3) is 14.6. The second kappa shape index (κ2) is 29.0. The molecule has 38 heteroatoms. The molecule has 0 aliphatic carbocycles. The van der Waals surface area contributed by atoms with Gasteiger partial charge in [-0.15, -0.1) is 0 Å². The summed E-state index contributed by atoms with van der Waals surface area (Å²) in [5.41, 5.74) is 0. The monoisotopic (exact) mass is 1220 g/mol. The number of ether oxygens (including phenoxy) is 15. The highest BCUT2D eigenvalue weighted by Gasteiger charge is 2.57. The third-order valence-corrected chi connectivity index (χ3v) is 15.4. The van der Waals surface area contributed by atoms with E-state index >= 15 is 0 Å². The summed E-state index contributed by atoms with van der Waals surface area (Å²) in [4.78, 5) is 0. The second-order valence-corrected chi connectivity index (χ2v) is 21.2. The molecule has 23 N–H and O–H groups in total. The Kier molecular flexibility index (Phi) is 23.5. The molecule has 0 saturated carbocycles. The summed E-state index contributed by atoms with van der Waals surface area (Å²) in [5, 5.41) is 246. The zero-order valence-corrected chi connectivity index (χ0v) is 43.4. The topological polar surface area (TPSA) is 604 Å². The van der Waals surface area contributed by atoms with Crippen LogP contribution in [0.5, 0.6) is 0 Å². The van der Waals surface area contributed by atoms with Gasteiger partial charge in [-0.25, -0.2) is 0 Å². The van der Waals surface area contributed by atoms with Gasteiger partial charge in [-0.1, -0.05) is 0 Å². The van der Waals surface area contributed by atoms with Gasteiger partial charge in [0.1, 0.15) is 177 Å². The molecule has 0 bridgehead atoms. The molecule has 37 unspecified atom stereocenters. The first-order valence-electron chi connectivity index (χ1n) is 26.4. The summed E-state index contributed by atoms with van der Waals surface area (Å²) in [6.45, 7) is -6.37. The molecule has 0 radical (unpaired) electrons. The summed E-state index contributed by atoms with van der Waals surface area (Å²) < 4.78 is 84.8. The first-order chi connectivity index (χ1) is 39.3. The van der Waals surface area contributed by atoms with Crippen LogP contribution in [0, 0.1) is 0 Å². The van der Waals surface area contributed by atoms with Gasteiger partial charge in [-0.2, -0.15) is 0 Å². The smallest absolute Gasteiger partial charge is 0.187 e. The fourth-order valence-electron chi connectivity index (χ4n) is 10.3. The van der Waals surface area contributed by atoms with Crippen molar-refractivity contribution in [1.29, 1.82) is 0 Å². The molecule has 0 aromatic heterocycles. The summed E-state index contributed by atoms with van der Waals surface area (Å²) in [6, 6.07) is 0. The molecule has 0 amide bonds. The van der Waals surface area contributed by atoms with Crippen molar-refractivity contribution in [1.82, 2.24) is 0 Å². The van der Waals surface area contributed by atoms with Crippen LogP contribution in [0.4, 0.5) is 0 Å². The van der Waals surface area contributed by atoms with Crippen LogP contribution in [0.1, 0.15) is 0 Å². The van der Waals surface area contributed by atoms with Crippen molar-refractivity contribution >= 4 is 0 Å². The molecule has 0 spiro atoms. The molecule has 8 saturated heterocycles. The van der Waals surface area contributed by atoms with Crippen molar-refractivity contribution in [3.63, 3.8) is 0 Å². The Morgan fingerprint density at radius 1 is 0.253 bits per heavy atom. The third-order valence-electron chi connectivity index (χ3n) is 15.4. The highest BCUT2D eigenvalue weighted by Crippen LogP contribution is 2.37. The zero-order chi connectivity index (χ0) is 60.6. The molecule has 0 aromatic carbocycles. The van der Waals surface area contributed by atoms with Crippen molar-refractivity contribution in [2.45, 2.75) is 227 Å². The van der Waals surface area contributed by atoms with Gasteiger partial charge in [0.05, 0.1) is 52.9 Å². The van der Waals surface area contributed by atoms with E-state index in [2.05, 4.69) is 0 Å². The predicted molar refractivity (Wildman–Crippen MR) is 246 cm³/mol. The quantitative estimate of drug-likeness (QED) is 0.0571. The number of aliphatic hydroxyl groups is 23. The minimum absolute atomic E-state index is 0.509. The molecule has 37 atom stereocenters. The maximum atomic E-state index is 12.0. The second-order valence-electron chi connectivity index (χ2n) is 21.2. The number of hydrogen-bond donors (Lipinski definition) is 23. The van der Waals surface area contributed by atoms with E-state index in [1.165, 1.54) is 0 Å². The van der Waals surface area contributed by atoms with E-state index < -0.39 is 280 Å². The molecule has 38 nitrogen and oxygen atoms in total. The lowest BCUT2D eigenvalue weighted by molar-refractivity contribution is -0.395. The highest BCUT2D eigenvalue weighted by molar-refractivity contribution is 5.00. The van der Waals surface area contributed by atoms with Crippen LogP contribution in [0.25, 0.3) is 0 Å². The van der Waals surface area contributed by atoms with Crippen molar-refractivity contribution < 1.29 is 189 Å². The summed E-state index contributed by atoms with van der Waals surface area (Å²) >= 11 is 0. The average molecular weight is 1230 g/mol.